The Morgan fingerprint density at radius 3 is 2.52 bits per heavy atom. The van der Waals surface area contributed by atoms with E-state index in [9.17, 15) is 9.59 Å². The summed E-state index contributed by atoms with van der Waals surface area (Å²) in [5.41, 5.74) is 1.42. The SMILES string of the molecule is CCCOc1ccc(Br)cc1C(=O)Nc1ccccc1C(=O)N1CCN(C)CC1. The van der Waals surface area contributed by atoms with Gasteiger partial charge in [0.15, 0.2) is 0 Å². The Bertz CT molecular complexity index is 879. The number of rotatable bonds is 6. The predicted octanol–water partition coefficient (Wildman–Crippen LogP) is 3.88. The summed E-state index contributed by atoms with van der Waals surface area (Å²) in [6.45, 7) is 5.59. The van der Waals surface area contributed by atoms with Crippen molar-refractivity contribution in [1.29, 1.82) is 0 Å². The van der Waals surface area contributed by atoms with Crippen LogP contribution >= 0.6 is 15.9 Å². The van der Waals surface area contributed by atoms with Crippen molar-refractivity contribution in [1.82, 2.24) is 9.80 Å². The van der Waals surface area contributed by atoms with Gasteiger partial charge in [-0.15, -0.1) is 0 Å². The number of amides is 2. The first-order chi connectivity index (χ1) is 14.0. The first kappa shape index (κ1) is 21.3. The minimum Gasteiger partial charge on any atom is -0.493 e. The van der Waals surface area contributed by atoms with Crippen LogP contribution in [-0.2, 0) is 0 Å². The number of hydrogen-bond donors (Lipinski definition) is 1. The van der Waals surface area contributed by atoms with Crippen molar-refractivity contribution in [3.63, 3.8) is 0 Å². The van der Waals surface area contributed by atoms with E-state index in [0.29, 0.717) is 42.3 Å². The van der Waals surface area contributed by atoms with Crippen LogP contribution in [0, 0.1) is 0 Å². The number of carbonyl (C=O) groups excluding carboxylic acids is 2. The number of benzene rings is 2. The molecule has 6 nitrogen and oxygen atoms in total. The van der Waals surface area contributed by atoms with E-state index in [-0.39, 0.29) is 11.8 Å². The van der Waals surface area contributed by atoms with Gasteiger partial charge >= 0.3 is 0 Å². The zero-order valence-corrected chi connectivity index (χ0v) is 18.4. The Labute approximate surface area is 180 Å². The monoisotopic (exact) mass is 459 g/mol. The zero-order valence-electron chi connectivity index (χ0n) is 16.8. The van der Waals surface area contributed by atoms with Gasteiger partial charge in [0.1, 0.15) is 5.75 Å². The molecule has 1 fully saturated rings. The molecule has 1 saturated heterocycles. The standard InChI is InChI=1S/C22H26BrN3O3/c1-3-14-29-20-9-8-16(23)15-18(20)21(27)24-19-7-5-4-6-17(19)22(28)26-12-10-25(2)11-13-26/h4-9,15H,3,10-14H2,1-2H3,(H,24,27). The van der Waals surface area contributed by atoms with E-state index in [4.69, 9.17) is 4.74 Å². The van der Waals surface area contributed by atoms with Gasteiger partial charge in [0.25, 0.3) is 11.8 Å². The highest BCUT2D eigenvalue weighted by Gasteiger charge is 2.23. The van der Waals surface area contributed by atoms with Gasteiger partial charge in [0.2, 0.25) is 0 Å². The molecule has 0 aliphatic carbocycles. The minimum absolute atomic E-state index is 0.0642. The van der Waals surface area contributed by atoms with Crippen LogP contribution in [0.25, 0.3) is 0 Å². The number of nitrogens with zero attached hydrogens (tertiary/aromatic N) is 2. The van der Waals surface area contributed by atoms with Gasteiger partial charge in [0, 0.05) is 30.7 Å². The molecule has 1 aliphatic heterocycles. The Kier molecular flexibility index (Phi) is 7.28. The number of likely N-dealkylation sites (N-methyl/N-ethyl adjacent to an activating group) is 1. The fourth-order valence-corrected chi connectivity index (χ4v) is 3.53. The summed E-state index contributed by atoms with van der Waals surface area (Å²) in [6.07, 6.45) is 0.847. The third-order valence-corrected chi connectivity index (χ3v) is 5.34. The van der Waals surface area contributed by atoms with Gasteiger partial charge in [-0.25, -0.2) is 0 Å². The van der Waals surface area contributed by atoms with Gasteiger partial charge in [-0.2, -0.15) is 0 Å². The van der Waals surface area contributed by atoms with Crippen LogP contribution in [0.2, 0.25) is 0 Å². The highest BCUT2D eigenvalue weighted by atomic mass is 79.9. The van der Waals surface area contributed by atoms with Gasteiger partial charge in [0.05, 0.1) is 23.4 Å². The van der Waals surface area contributed by atoms with Crippen LogP contribution in [0.5, 0.6) is 5.75 Å². The quantitative estimate of drug-likeness (QED) is 0.711. The molecule has 0 bridgehead atoms. The predicted molar refractivity (Wildman–Crippen MR) is 118 cm³/mol. The van der Waals surface area contributed by atoms with E-state index in [2.05, 4.69) is 26.1 Å². The molecule has 1 aliphatic rings. The van der Waals surface area contributed by atoms with E-state index < -0.39 is 0 Å². The van der Waals surface area contributed by atoms with Crippen molar-refractivity contribution < 1.29 is 14.3 Å². The number of nitrogens with one attached hydrogen (secondary N) is 1. The minimum atomic E-state index is -0.309. The maximum atomic E-state index is 13.0. The first-order valence-corrected chi connectivity index (χ1v) is 10.6. The molecule has 29 heavy (non-hydrogen) atoms. The van der Waals surface area contributed by atoms with Crippen molar-refractivity contribution in [2.75, 3.05) is 45.2 Å². The molecule has 1 N–H and O–H groups in total. The average molecular weight is 460 g/mol. The lowest BCUT2D eigenvalue weighted by molar-refractivity contribution is 0.0665. The molecule has 0 aromatic heterocycles. The zero-order chi connectivity index (χ0) is 20.8. The topological polar surface area (TPSA) is 61.9 Å². The molecule has 0 saturated carbocycles. The summed E-state index contributed by atoms with van der Waals surface area (Å²) in [7, 11) is 2.05. The van der Waals surface area contributed by atoms with E-state index in [1.807, 2.05) is 37.1 Å². The molecule has 7 heteroatoms. The number of anilines is 1. The van der Waals surface area contributed by atoms with E-state index in [0.717, 1.165) is 24.0 Å². The van der Waals surface area contributed by atoms with Crippen molar-refractivity contribution >= 4 is 33.4 Å². The second-order valence-electron chi connectivity index (χ2n) is 7.08. The van der Waals surface area contributed by atoms with Crippen molar-refractivity contribution in [2.45, 2.75) is 13.3 Å². The number of hydrogen-bond acceptors (Lipinski definition) is 4. The van der Waals surface area contributed by atoms with Crippen LogP contribution in [0.15, 0.2) is 46.9 Å². The van der Waals surface area contributed by atoms with E-state index >= 15 is 0 Å². The van der Waals surface area contributed by atoms with Crippen LogP contribution in [-0.4, -0.2) is 61.4 Å². The van der Waals surface area contributed by atoms with Crippen LogP contribution < -0.4 is 10.1 Å². The molecular weight excluding hydrogens is 434 g/mol. The summed E-state index contributed by atoms with van der Waals surface area (Å²) < 4.78 is 6.51. The van der Waals surface area contributed by atoms with Gasteiger partial charge < -0.3 is 19.9 Å². The largest absolute Gasteiger partial charge is 0.493 e. The maximum absolute atomic E-state index is 13.0. The summed E-state index contributed by atoms with van der Waals surface area (Å²) >= 11 is 3.41. The Hall–Kier alpha value is -2.38. The third kappa shape index (κ3) is 5.36. The maximum Gasteiger partial charge on any atom is 0.259 e. The molecular formula is C22H26BrN3O3. The molecule has 0 unspecified atom stereocenters. The number of ether oxygens (including phenoxy) is 1. The van der Waals surface area contributed by atoms with Crippen molar-refractivity contribution in [2.24, 2.45) is 0 Å². The van der Waals surface area contributed by atoms with E-state index in [1.54, 1.807) is 24.3 Å². The second-order valence-corrected chi connectivity index (χ2v) is 8.00. The van der Waals surface area contributed by atoms with Gasteiger partial charge in [-0.05, 0) is 43.8 Å². The van der Waals surface area contributed by atoms with Crippen molar-refractivity contribution in [3.05, 3.63) is 58.1 Å². The molecule has 3 rings (SSSR count). The number of carbonyl (C=O) groups is 2. The fraction of sp³-hybridized carbons (Fsp3) is 0.364. The van der Waals surface area contributed by atoms with Crippen LogP contribution in [0.4, 0.5) is 5.69 Å². The molecule has 0 radical (unpaired) electrons. The smallest absolute Gasteiger partial charge is 0.259 e. The normalized spacial score (nSPS) is 14.5. The Morgan fingerprint density at radius 1 is 1.07 bits per heavy atom. The van der Waals surface area contributed by atoms with Gasteiger partial charge in [-0.1, -0.05) is 35.0 Å². The summed E-state index contributed by atoms with van der Waals surface area (Å²) in [5, 5.41) is 2.90. The number of piperazine rings is 1. The Balaban J connectivity index is 1.82. The number of para-hydroxylation sites is 1. The lowest BCUT2D eigenvalue weighted by Crippen LogP contribution is -2.47. The van der Waals surface area contributed by atoms with Crippen molar-refractivity contribution in [3.8, 4) is 5.75 Å². The molecule has 0 atom stereocenters. The highest BCUT2D eigenvalue weighted by Crippen LogP contribution is 2.26. The van der Waals surface area contributed by atoms with Crippen LogP contribution in [0.1, 0.15) is 34.1 Å². The first-order valence-electron chi connectivity index (χ1n) is 9.80. The lowest BCUT2D eigenvalue weighted by atomic mass is 10.1. The molecule has 0 spiro atoms. The molecule has 1 heterocycles. The molecule has 2 aromatic carbocycles. The van der Waals surface area contributed by atoms with E-state index in [1.165, 1.54) is 0 Å². The lowest BCUT2D eigenvalue weighted by Gasteiger charge is -2.32. The second kappa shape index (κ2) is 9.89. The summed E-state index contributed by atoms with van der Waals surface area (Å²) in [4.78, 5) is 30.1. The average Bonchev–Trinajstić information content (AvgIpc) is 2.73. The van der Waals surface area contributed by atoms with Gasteiger partial charge in [-0.3, -0.25) is 9.59 Å². The number of halogens is 1. The molecule has 154 valence electrons. The summed E-state index contributed by atoms with van der Waals surface area (Å²) in [6, 6.07) is 12.5. The molecule has 2 amide bonds. The molecule has 2 aromatic rings. The van der Waals surface area contributed by atoms with Crippen LogP contribution in [0.3, 0.4) is 0 Å². The Morgan fingerprint density at radius 2 is 1.79 bits per heavy atom. The highest BCUT2D eigenvalue weighted by molar-refractivity contribution is 9.10. The fourth-order valence-electron chi connectivity index (χ4n) is 3.17. The summed E-state index contributed by atoms with van der Waals surface area (Å²) in [5.74, 6) is 0.150. The third-order valence-electron chi connectivity index (χ3n) is 4.84.